The molecule has 1 fully saturated rings. The van der Waals surface area contributed by atoms with Crippen molar-refractivity contribution < 1.29 is 14.3 Å². The number of aryl methyl sites for hydroxylation is 1. The summed E-state index contributed by atoms with van der Waals surface area (Å²) in [6.07, 6.45) is 4.41. The molecule has 6 heteroatoms. The molecule has 0 bridgehead atoms. The van der Waals surface area contributed by atoms with Crippen molar-refractivity contribution in [3.63, 3.8) is 0 Å². The largest absolute Gasteiger partial charge is 0.462 e. The van der Waals surface area contributed by atoms with E-state index in [-0.39, 0.29) is 18.5 Å². The van der Waals surface area contributed by atoms with Crippen LogP contribution in [0.2, 0.25) is 0 Å². The van der Waals surface area contributed by atoms with Crippen LogP contribution in [0.1, 0.15) is 24.0 Å². The molecule has 6 nitrogen and oxygen atoms in total. The predicted molar refractivity (Wildman–Crippen MR) is 87.9 cm³/mol. The molecule has 3 rings (SSSR count). The normalized spacial score (nSPS) is 17.3. The van der Waals surface area contributed by atoms with Crippen molar-refractivity contribution in [2.75, 3.05) is 6.61 Å². The summed E-state index contributed by atoms with van der Waals surface area (Å²) in [6.45, 7) is 3.23. The number of ether oxygens (including phenoxy) is 1. The summed E-state index contributed by atoms with van der Waals surface area (Å²) in [6, 6.07) is 9.32. The van der Waals surface area contributed by atoms with Crippen LogP contribution in [-0.4, -0.2) is 39.2 Å². The van der Waals surface area contributed by atoms with Crippen LogP contribution >= 0.6 is 0 Å². The Morgan fingerprint density at radius 1 is 1.33 bits per heavy atom. The number of hydrogen-bond acceptors (Lipinski definition) is 4. The Labute approximate surface area is 141 Å². The van der Waals surface area contributed by atoms with Gasteiger partial charge in [-0.3, -0.25) is 9.48 Å². The van der Waals surface area contributed by atoms with E-state index < -0.39 is 6.04 Å². The molecule has 1 aromatic carbocycles. The summed E-state index contributed by atoms with van der Waals surface area (Å²) in [5.74, 6) is -0.329. The van der Waals surface area contributed by atoms with Crippen molar-refractivity contribution >= 4 is 11.9 Å². The van der Waals surface area contributed by atoms with Crippen LogP contribution in [0.5, 0.6) is 0 Å². The molecule has 0 radical (unpaired) electrons. The maximum Gasteiger partial charge on any atom is 0.328 e. The van der Waals surface area contributed by atoms with Crippen LogP contribution in [0.25, 0.3) is 0 Å². The zero-order valence-electron chi connectivity index (χ0n) is 13.7. The molecule has 1 aliphatic heterocycles. The zero-order valence-corrected chi connectivity index (χ0v) is 13.7. The standard InChI is InChI=1S/C18H21N3O3/c1-14-3-5-15(6-4-14)13-21-16(7-8-17(21)22)18(23)24-12-11-20-10-2-9-19-20/h2-6,9-10,16H,7-8,11-13H2,1H3/t16-/m0/s1. The number of rotatable bonds is 6. The van der Waals surface area contributed by atoms with Crippen molar-refractivity contribution in [2.24, 2.45) is 0 Å². The number of amides is 1. The van der Waals surface area contributed by atoms with Crippen molar-refractivity contribution in [2.45, 2.75) is 38.9 Å². The van der Waals surface area contributed by atoms with Gasteiger partial charge in [-0.1, -0.05) is 29.8 Å². The lowest BCUT2D eigenvalue weighted by atomic mass is 10.1. The van der Waals surface area contributed by atoms with E-state index in [1.54, 1.807) is 15.8 Å². The Kier molecular flexibility index (Phi) is 4.93. The second kappa shape index (κ2) is 7.29. The van der Waals surface area contributed by atoms with Gasteiger partial charge < -0.3 is 9.64 Å². The quantitative estimate of drug-likeness (QED) is 0.761. The number of hydrogen-bond donors (Lipinski definition) is 0. The van der Waals surface area contributed by atoms with E-state index in [1.165, 1.54) is 5.56 Å². The molecule has 0 saturated carbocycles. The van der Waals surface area contributed by atoms with Gasteiger partial charge >= 0.3 is 5.97 Å². The maximum atomic E-state index is 12.3. The molecule has 0 aliphatic carbocycles. The average molecular weight is 327 g/mol. The number of benzene rings is 1. The van der Waals surface area contributed by atoms with E-state index in [2.05, 4.69) is 5.10 Å². The minimum atomic E-state index is -0.489. The topological polar surface area (TPSA) is 64.4 Å². The zero-order chi connectivity index (χ0) is 16.9. The Morgan fingerprint density at radius 2 is 2.12 bits per heavy atom. The van der Waals surface area contributed by atoms with Gasteiger partial charge in [0.2, 0.25) is 5.91 Å². The molecule has 0 spiro atoms. The van der Waals surface area contributed by atoms with Crippen molar-refractivity contribution in [1.29, 1.82) is 0 Å². The number of carbonyl (C=O) groups is 2. The first-order valence-electron chi connectivity index (χ1n) is 8.12. The number of nitrogens with zero attached hydrogens (tertiary/aromatic N) is 3. The number of carbonyl (C=O) groups excluding carboxylic acids is 2. The summed E-state index contributed by atoms with van der Waals surface area (Å²) in [5.41, 5.74) is 2.19. The average Bonchev–Trinajstić information content (AvgIpc) is 3.20. The molecule has 1 aromatic heterocycles. The highest BCUT2D eigenvalue weighted by Gasteiger charge is 2.36. The van der Waals surface area contributed by atoms with Crippen LogP contribution in [0.3, 0.4) is 0 Å². The summed E-state index contributed by atoms with van der Waals surface area (Å²) in [5, 5.41) is 4.06. The van der Waals surface area contributed by atoms with Gasteiger partial charge in [-0.05, 0) is 25.0 Å². The fourth-order valence-corrected chi connectivity index (χ4v) is 2.84. The van der Waals surface area contributed by atoms with Crippen LogP contribution in [0, 0.1) is 6.92 Å². The van der Waals surface area contributed by atoms with Crippen LogP contribution in [0.15, 0.2) is 42.7 Å². The van der Waals surface area contributed by atoms with E-state index >= 15 is 0 Å². The number of aromatic nitrogens is 2. The molecule has 126 valence electrons. The summed E-state index contributed by atoms with van der Waals surface area (Å²) in [7, 11) is 0. The van der Waals surface area contributed by atoms with E-state index in [0.717, 1.165) is 5.56 Å². The molecule has 0 N–H and O–H groups in total. The maximum absolute atomic E-state index is 12.3. The lowest BCUT2D eigenvalue weighted by Gasteiger charge is -2.23. The van der Waals surface area contributed by atoms with Gasteiger partial charge in [0, 0.05) is 25.4 Å². The monoisotopic (exact) mass is 327 g/mol. The molecule has 2 heterocycles. The Bertz CT molecular complexity index is 695. The summed E-state index contributed by atoms with van der Waals surface area (Å²) in [4.78, 5) is 26.1. The molecule has 1 aliphatic rings. The van der Waals surface area contributed by atoms with E-state index in [4.69, 9.17) is 4.74 Å². The van der Waals surface area contributed by atoms with Gasteiger partial charge in [-0.25, -0.2) is 4.79 Å². The van der Waals surface area contributed by atoms with Gasteiger partial charge in [0.1, 0.15) is 12.6 Å². The molecule has 24 heavy (non-hydrogen) atoms. The fraction of sp³-hybridized carbons (Fsp3) is 0.389. The SMILES string of the molecule is Cc1ccc(CN2C(=O)CC[C@H]2C(=O)OCCn2cccn2)cc1. The minimum Gasteiger partial charge on any atom is -0.462 e. The predicted octanol–water partition coefficient (Wildman–Crippen LogP) is 1.93. The Morgan fingerprint density at radius 3 is 2.83 bits per heavy atom. The number of esters is 1. The first-order chi connectivity index (χ1) is 11.6. The lowest BCUT2D eigenvalue weighted by molar-refractivity contribution is -0.152. The lowest BCUT2D eigenvalue weighted by Crippen LogP contribution is -2.39. The Balaban J connectivity index is 1.57. The van der Waals surface area contributed by atoms with Crippen molar-refractivity contribution in [1.82, 2.24) is 14.7 Å². The molecular formula is C18H21N3O3. The van der Waals surface area contributed by atoms with E-state index in [9.17, 15) is 9.59 Å². The summed E-state index contributed by atoms with van der Waals surface area (Å²) >= 11 is 0. The van der Waals surface area contributed by atoms with Crippen LogP contribution < -0.4 is 0 Å². The van der Waals surface area contributed by atoms with Gasteiger partial charge in [0.15, 0.2) is 0 Å². The number of likely N-dealkylation sites (tertiary alicyclic amines) is 1. The minimum absolute atomic E-state index is 0.00426. The molecular weight excluding hydrogens is 306 g/mol. The summed E-state index contributed by atoms with van der Waals surface area (Å²) < 4.78 is 7.05. The van der Waals surface area contributed by atoms with E-state index in [1.807, 2.05) is 43.5 Å². The highest BCUT2D eigenvalue weighted by molar-refractivity contribution is 5.88. The van der Waals surface area contributed by atoms with Crippen molar-refractivity contribution in [3.05, 3.63) is 53.9 Å². The molecule has 1 saturated heterocycles. The van der Waals surface area contributed by atoms with Crippen LogP contribution in [-0.2, 0) is 27.4 Å². The molecule has 0 unspecified atom stereocenters. The Hall–Kier alpha value is -2.63. The fourth-order valence-electron chi connectivity index (χ4n) is 2.84. The first kappa shape index (κ1) is 16.2. The van der Waals surface area contributed by atoms with Gasteiger partial charge in [0.05, 0.1) is 6.54 Å². The first-order valence-corrected chi connectivity index (χ1v) is 8.12. The third-order valence-electron chi connectivity index (χ3n) is 4.20. The van der Waals surface area contributed by atoms with Gasteiger partial charge in [0.25, 0.3) is 0 Å². The van der Waals surface area contributed by atoms with Gasteiger partial charge in [-0.15, -0.1) is 0 Å². The molecule has 1 atom stereocenters. The van der Waals surface area contributed by atoms with E-state index in [0.29, 0.717) is 25.9 Å². The van der Waals surface area contributed by atoms with Gasteiger partial charge in [-0.2, -0.15) is 5.10 Å². The molecule has 2 aromatic rings. The second-order valence-electron chi connectivity index (χ2n) is 6.00. The second-order valence-corrected chi connectivity index (χ2v) is 6.00. The van der Waals surface area contributed by atoms with Crippen LogP contribution in [0.4, 0.5) is 0 Å². The molecule has 1 amide bonds. The third kappa shape index (κ3) is 3.82. The highest BCUT2D eigenvalue weighted by Crippen LogP contribution is 2.22. The smallest absolute Gasteiger partial charge is 0.328 e. The third-order valence-corrected chi connectivity index (χ3v) is 4.20. The highest BCUT2D eigenvalue weighted by atomic mass is 16.5. The van der Waals surface area contributed by atoms with Crippen molar-refractivity contribution in [3.8, 4) is 0 Å².